The zero-order valence-electron chi connectivity index (χ0n) is 15.5. The average Bonchev–Trinajstić information content (AvgIpc) is 2.61. The lowest BCUT2D eigenvalue weighted by atomic mass is 10.0. The van der Waals surface area contributed by atoms with E-state index in [9.17, 15) is 18.1 Å². The number of rotatable bonds is 5. The number of nitrogens with zero attached hydrogens (tertiary/aromatic N) is 1. The average molecular weight is 404 g/mol. The van der Waals surface area contributed by atoms with Gasteiger partial charge in [0.2, 0.25) is 0 Å². The van der Waals surface area contributed by atoms with Crippen molar-refractivity contribution < 1.29 is 18.1 Å². The third-order valence-electron chi connectivity index (χ3n) is 4.08. The maximum Gasteiger partial charge on any atom is 0.250 e. The van der Waals surface area contributed by atoms with E-state index in [4.69, 9.17) is 4.74 Å². The summed E-state index contributed by atoms with van der Waals surface area (Å²) < 4.78 is 48.7. The van der Waals surface area contributed by atoms with Crippen LogP contribution in [-0.4, -0.2) is 15.4 Å². The highest BCUT2D eigenvalue weighted by atomic mass is 32.2. The lowest BCUT2D eigenvalue weighted by molar-refractivity contribution is 0.439. The van der Waals surface area contributed by atoms with Crippen LogP contribution in [-0.2, 0) is 18.4 Å². The van der Waals surface area contributed by atoms with Gasteiger partial charge in [-0.05, 0) is 42.8 Å². The second-order valence-corrected chi connectivity index (χ2v) is 7.38. The Morgan fingerprint density at radius 3 is 2.46 bits per heavy atom. The van der Waals surface area contributed by atoms with E-state index in [2.05, 4.69) is 4.72 Å². The van der Waals surface area contributed by atoms with Crippen molar-refractivity contribution in [3.63, 3.8) is 0 Å². The molecule has 0 saturated heterocycles. The molecule has 0 radical (unpaired) electrons. The van der Waals surface area contributed by atoms with Crippen molar-refractivity contribution in [1.29, 1.82) is 0 Å². The Balaban J connectivity index is 2.14. The zero-order chi connectivity index (χ0) is 20.4. The fraction of sp³-hybridized carbons (Fsp3) is 0.150. The molecule has 0 bridgehead atoms. The first-order valence-corrected chi connectivity index (χ1v) is 9.85. The molecule has 1 unspecified atom stereocenters. The molecule has 0 aliphatic carbocycles. The number of aryl methyl sites for hydroxylation is 2. The number of benzene rings is 2. The van der Waals surface area contributed by atoms with Gasteiger partial charge >= 0.3 is 0 Å². The van der Waals surface area contributed by atoms with Gasteiger partial charge in [0.05, 0.1) is 17.0 Å². The third kappa shape index (κ3) is 4.35. The second-order valence-electron chi connectivity index (χ2n) is 6.26. The van der Waals surface area contributed by atoms with Gasteiger partial charge < -0.3 is 13.9 Å². The molecule has 28 heavy (non-hydrogen) atoms. The number of anilines is 1. The number of aromatic nitrogens is 1. The summed E-state index contributed by atoms with van der Waals surface area (Å²) in [6.07, 6.45) is 3.14. The third-order valence-corrected chi connectivity index (χ3v) is 4.60. The van der Waals surface area contributed by atoms with Crippen molar-refractivity contribution >= 4 is 17.0 Å². The minimum Gasteiger partial charge on any atom is -0.593 e. The van der Waals surface area contributed by atoms with Gasteiger partial charge in [-0.2, -0.15) is 0 Å². The molecular formula is C20H18F2N2O3S. The van der Waals surface area contributed by atoms with Crippen LogP contribution in [0.3, 0.4) is 0 Å². The van der Waals surface area contributed by atoms with Crippen molar-refractivity contribution in [1.82, 2.24) is 4.57 Å². The highest BCUT2D eigenvalue weighted by Crippen LogP contribution is 2.37. The van der Waals surface area contributed by atoms with Gasteiger partial charge in [-0.3, -0.25) is 4.79 Å². The summed E-state index contributed by atoms with van der Waals surface area (Å²) >= 11 is -1.29. The van der Waals surface area contributed by atoms with Crippen molar-refractivity contribution in [2.75, 3.05) is 11.0 Å². The molecule has 146 valence electrons. The van der Waals surface area contributed by atoms with Crippen LogP contribution >= 0.6 is 0 Å². The summed E-state index contributed by atoms with van der Waals surface area (Å²) in [6.45, 7) is 1.77. The minimum atomic E-state index is -1.29. The number of halogens is 2. The van der Waals surface area contributed by atoms with Crippen LogP contribution in [0.5, 0.6) is 11.5 Å². The van der Waals surface area contributed by atoms with Crippen LogP contribution in [0.2, 0.25) is 0 Å². The molecule has 0 aliphatic heterocycles. The van der Waals surface area contributed by atoms with Crippen LogP contribution in [0.1, 0.15) is 5.56 Å². The summed E-state index contributed by atoms with van der Waals surface area (Å²) in [5, 5.41) is 0. The molecule has 0 fully saturated rings. The Hall–Kier alpha value is -2.84. The Morgan fingerprint density at radius 2 is 1.79 bits per heavy atom. The normalized spacial score (nSPS) is 11.9. The number of hydrogen-bond donors (Lipinski definition) is 1. The molecule has 0 amide bonds. The van der Waals surface area contributed by atoms with Gasteiger partial charge in [-0.1, -0.05) is 0 Å². The predicted octanol–water partition coefficient (Wildman–Crippen LogP) is 4.14. The highest BCUT2D eigenvalue weighted by molar-refractivity contribution is 7.92. The van der Waals surface area contributed by atoms with E-state index in [0.29, 0.717) is 28.1 Å². The quantitative estimate of drug-likeness (QED) is 0.649. The van der Waals surface area contributed by atoms with Gasteiger partial charge in [-0.15, -0.1) is 0 Å². The molecule has 2 aromatic carbocycles. The smallest absolute Gasteiger partial charge is 0.250 e. The first-order valence-electron chi connectivity index (χ1n) is 8.29. The van der Waals surface area contributed by atoms with Crippen LogP contribution in [0, 0.1) is 18.6 Å². The number of ether oxygens (including phenoxy) is 1. The summed E-state index contributed by atoms with van der Waals surface area (Å²) in [7, 11) is 1.62. The SMILES string of the molecule is Cc1cc(=O)n(C)cc1-c1cc(N[S+](C)[O-])ccc1Oc1ccc(F)cc1F. The minimum absolute atomic E-state index is 0.134. The summed E-state index contributed by atoms with van der Waals surface area (Å²) in [4.78, 5) is 11.9. The molecule has 0 spiro atoms. The number of hydrogen-bond acceptors (Lipinski definition) is 4. The first-order chi connectivity index (χ1) is 13.2. The molecule has 1 heterocycles. The Bertz CT molecular complexity index is 1080. The zero-order valence-corrected chi connectivity index (χ0v) is 16.3. The summed E-state index contributed by atoms with van der Waals surface area (Å²) in [5.74, 6) is -1.37. The van der Waals surface area contributed by atoms with Gasteiger partial charge in [0.15, 0.2) is 11.6 Å². The largest absolute Gasteiger partial charge is 0.593 e. The van der Waals surface area contributed by atoms with E-state index >= 15 is 0 Å². The summed E-state index contributed by atoms with van der Waals surface area (Å²) in [6, 6.07) is 9.46. The molecule has 1 aromatic heterocycles. The molecule has 3 aromatic rings. The van der Waals surface area contributed by atoms with Crippen LogP contribution in [0.25, 0.3) is 11.1 Å². The molecular weight excluding hydrogens is 386 g/mol. The lowest BCUT2D eigenvalue weighted by Gasteiger charge is -2.16. The van der Waals surface area contributed by atoms with E-state index in [0.717, 1.165) is 12.1 Å². The van der Waals surface area contributed by atoms with Crippen LogP contribution in [0.15, 0.2) is 53.5 Å². The van der Waals surface area contributed by atoms with E-state index < -0.39 is 23.0 Å². The topological polar surface area (TPSA) is 66.3 Å². The van der Waals surface area contributed by atoms with Crippen LogP contribution < -0.4 is 15.0 Å². The Morgan fingerprint density at radius 1 is 1.07 bits per heavy atom. The first kappa shape index (κ1) is 19.9. The molecule has 8 heteroatoms. The second kappa shape index (κ2) is 8.04. The predicted molar refractivity (Wildman–Crippen MR) is 106 cm³/mol. The molecule has 5 nitrogen and oxygen atoms in total. The number of pyridine rings is 1. The number of nitrogens with one attached hydrogen (secondary N) is 1. The monoisotopic (exact) mass is 404 g/mol. The van der Waals surface area contributed by atoms with Gasteiger partial charge in [-0.25, -0.2) is 13.5 Å². The van der Waals surface area contributed by atoms with Gasteiger partial charge in [0.25, 0.3) is 5.56 Å². The van der Waals surface area contributed by atoms with Crippen molar-refractivity contribution in [2.24, 2.45) is 7.05 Å². The maximum absolute atomic E-state index is 14.1. The molecule has 1 N–H and O–H groups in total. The van der Waals surface area contributed by atoms with Gasteiger partial charge in [0.1, 0.15) is 17.8 Å². The van der Waals surface area contributed by atoms with Crippen molar-refractivity contribution in [2.45, 2.75) is 6.92 Å². The van der Waals surface area contributed by atoms with E-state index in [1.165, 1.54) is 23.0 Å². The Labute approximate surface area is 163 Å². The van der Waals surface area contributed by atoms with Crippen LogP contribution in [0.4, 0.5) is 14.5 Å². The fourth-order valence-corrected chi connectivity index (χ4v) is 3.20. The molecule has 1 atom stereocenters. The van der Waals surface area contributed by atoms with E-state index in [-0.39, 0.29) is 11.3 Å². The van der Waals surface area contributed by atoms with Gasteiger partial charge in [0, 0.05) is 36.5 Å². The molecule has 0 saturated carbocycles. The molecule has 0 aliphatic rings. The lowest BCUT2D eigenvalue weighted by Crippen LogP contribution is -2.16. The fourth-order valence-electron chi connectivity index (χ4n) is 2.74. The van der Waals surface area contributed by atoms with E-state index in [1.54, 1.807) is 38.4 Å². The highest BCUT2D eigenvalue weighted by Gasteiger charge is 2.15. The molecule has 3 rings (SSSR count). The van der Waals surface area contributed by atoms with Crippen molar-refractivity contribution in [3.8, 4) is 22.6 Å². The standard InChI is InChI=1S/C20H18F2N2O3S/c1-12-8-20(25)24(2)11-16(12)15-10-14(23-28(3)26)5-7-18(15)27-19-6-4-13(21)9-17(19)22/h4-11,23H,1-3H3. The summed E-state index contributed by atoms with van der Waals surface area (Å²) in [5.41, 5.74) is 2.34. The maximum atomic E-state index is 14.1. The van der Waals surface area contributed by atoms with E-state index in [1.807, 2.05) is 0 Å². The van der Waals surface area contributed by atoms with Crippen molar-refractivity contribution in [3.05, 3.63) is 76.2 Å². The Kier molecular flexibility index (Phi) is 5.71.